The first-order chi connectivity index (χ1) is 14.7. The molecule has 0 fully saturated rings. The Hall–Kier alpha value is -2.54. The third-order valence-corrected chi connectivity index (χ3v) is 6.46. The average molecular weight is 447 g/mol. The van der Waals surface area contributed by atoms with E-state index in [1.165, 1.54) is 21.7 Å². The van der Waals surface area contributed by atoms with Gasteiger partial charge in [-0.1, -0.05) is 37.3 Å². The molecule has 0 unspecified atom stereocenters. The zero-order chi connectivity index (χ0) is 23.0. The van der Waals surface area contributed by atoms with Crippen LogP contribution in [-0.4, -0.2) is 33.7 Å². The number of para-hydroxylation sites is 2. The Morgan fingerprint density at radius 3 is 2.42 bits per heavy atom. The van der Waals surface area contributed by atoms with Crippen LogP contribution in [0.2, 0.25) is 0 Å². The summed E-state index contributed by atoms with van der Waals surface area (Å²) in [6.07, 6.45) is 2.60. The van der Waals surface area contributed by atoms with Crippen molar-refractivity contribution in [3.05, 3.63) is 59.2 Å². The molecule has 170 valence electrons. The molecule has 0 radical (unpaired) electrons. The van der Waals surface area contributed by atoms with Crippen LogP contribution in [-0.2, 0) is 14.8 Å². The number of aryl methyl sites for hydroxylation is 2. The monoisotopic (exact) mass is 446 g/mol. The van der Waals surface area contributed by atoms with Crippen molar-refractivity contribution in [2.75, 3.05) is 23.7 Å². The third-order valence-electron chi connectivity index (χ3n) is 5.28. The molecule has 1 atom stereocenters. The molecule has 0 heterocycles. The predicted octanol–water partition coefficient (Wildman–Crippen LogP) is 4.52. The van der Waals surface area contributed by atoms with Crippen molar-refractivity contribution in [2.45, 2.75) is 53.0 Å². The molecule has 0 spiro atoms. The lowest BCUT2D eigenvalue weighted by atomic mass is 9.99. The quantitative estimate of drug-likeness (QED) is 0.551. The van der Waals surface area contributed by atoms with Crippen molar-refractivity contribution in [3.8, 4) is 5.75 Å². The first-order valence-corrected chi connectivity index (χ1v) is 12.6. The number of nitrogens with zero attached hydrogens (tertiary/aromatic N) is 1. The van der Waals surface area contributed by atoms with Gasteiger partial charge in [-0.15, -0.1) is 0 Å². The van der Waals surface area contributed by atoms with Gasteiger partial charge in [-0.25, -0.2) is 8.42 Å². The fourth-order valence-corrected chi connectivity index (χ4v) is 4.43. The minimum Gasteiger partial charge on any atom is -0.492 e. The van der Waals surface area contributed by atoms with Gasteiger partial charge in [-0.05, 0) is 62.4 Å². The number of carbonyl (C=O) groups excluding carboxylic acids is 1. The van der Waals surface area contributed by atoms with Crippen LogP contribution in [0.5, 0.6) is 5.75 Å². The number of nitrogens with one attached hydrogen (secondary N) is 1. The van der Waals surface area contributed by atoms with E-state index < -0.39 is 10.0 Å². The molecule has 0 aromatic heterocycles. The molecule has 0 bridgehead atoms. The van der Waals surface area contributed by atoms with Crippen LogP contribution >= 0.6 is 0 Å². The van der Waals surface area contributed by atoms with Gasteiger partial charge in [-0.2, -0.15) is 0 Å². The molecule has 2 aromatic rings. The van der Waals surface area contributed by atoms with Crippen LogP contribution in [0.25, 0.3) is 0 Å². The summed E-state index contributed by atoms with van der Waals surface area (Å²) < 4.78 is 31.7. The number of anilines is 1. The van der Waals surface area contributed by atoms with E-state index in [4.69, 9.17) is 4.74 Å². The number of ether oxygens (including phenoxy) is 1. The molecular weight excluding hydrogens is 412 g/mol. The van der Waals surface area contributed by atoms with Gasteiger partial charge >= 0.3 is 0 Å². The summed E-state index contributed by atoms with van der Waals surface area (Å²) in [7, 11) is -3.51. The predicted molar refractivity (Wildman–Crippen MR) is 126 cm³/mol. The third kappa shape index (κ3) is 6.99. The zero-order valence-corrected chi connectivity index (χ0v) is 20.0. The van der Waals surface area contributed by atoms with Gasteiger partial charge in [0.2, 0.25) is 15.9 Å². The minimum absolute atomic E-state index is 0.0588. The fraction of sp³-hybridized carbons (Fsp3) is 0.458. The van der Waals surface area contributed by atoms with E-state index in [1.54, 1.807) is 24.3 Å². The number of rotatable bonds is 11. The summed E-state index contributed by atoms with van der Waals surface area (Å²) in [5.41, 5.74) is 4.00. The molecule has 2 rings (SSSR count). The maximum absolute atomic E-state index is 12.6. The largest absolute Gasteiger partial charge is 0.492 e. The van der Waals surface area contributed by atoms with Crippen LogP contribution in [0.4, 0.5) is 5.69 Å². The molecule has 0 aliphatic heterocycles. The lowest BCUT2D eigenvalue weighted by Gasteiger charge is -2.25. The van der Waals surface area contributed by atoms with E-state index in [9.17, 15) is 13.2 Å². The first-order valence-electron chi connectivity index (χ1n) is 10.7. The molecule has 1 amide bonds. The highest BCUT2D eigenvalue weighted by atomic mass is 32.2. The van der Waals surface area contributed by atoms with Gasteiger partial charge in [0.05, 0.1) is 24.6 Å². The van der Waals surface area contributed by atoms with Crippen molar-refractivity contribution >= 4 is 21.6 Å². The summed E-state index contributed by atoms with van der Waals surface area (Å²) in [6.45, 7) is 8.66. The summed E-state index contributed by atoms with van der Waals surface area (Å²) in [4.78, 5) is 12.6. The van der Waals surface area contributed by atoms with E-state index in [1.807, 2.05) is 19.9 Å². The van der Waals surface area contributed by atoms with Gasteiger partial charge in [0.15, 0.2) is 0 Å². The van der Waals surface area contributed by atoms with Crippen molar-refractivity contribution < 1.29 is 17.9 Å². The maximum Gasteiger partial charge on any atom is 0.232 e. The molecule has 0 aliphatic rings. The maximum atomic E-state index is 12.6. The van der Waals surface area contributed by atoms with Gasteiger partial charge in [0.1, 0.15) is 5.75 Å². The van der Waals surface area contributed by atoms with Crippen LogP contribution < -0.4 is 14.4 Å². The Kier molecular flexibility index (Phi) is 8.92. The second-order valence-corrected chi connectivity index (χ2v) is 9.62. The SMILES string of the molecule is CCOc1ccccc1N(CCCC(=O)N[C@@H](CC)c1ccc(C)c(C)c1)S(C)(=O)=O. The number of sulfonamides is 1. The lowest BCUT2D eigenvalue weighted by molar-refractivity contribution is -0.121. The fourth-order valence-electron chi connectivity index (χ4n) is 3.46. The number of carbonyl (C=O) groups is 1. The smallest absolute Gasteiger partial charge is 0.232 e. The van der Waals surface area contributed by atoms with Gasteiger partial charge < -0.3 is 10.1 Å². The standard InChI is InChI=1S/C24H34N2O4S/c1-6-21(20-15-14-18(3)19(4)17-20)25-24(27)13-10-16-26(31(5,28)29)22-11-8-9-12-23(22)30-7-2/h8-9,11-12,14-15,17,21H,6-7,10,13,16H2,1-5H3,(H,25,27)/t21-/m0/s1. The second-order valence-electron chi connectivity index (χ2n) is 7.71. The molecular formula is C24H34N2O4S. The molecule has 6 nitrogen and oxygen atoms in total. The average Bonchev–Trinajstić information content (AvgIpc) is 2.71. The topological polar surface area (TPSA) is 75.7 Å². The van der Waals surface area contributed by atoms with Crippen LogP contribution in [0.3, 0.4) is 0 Å². The molecule has 7 heteroatoms. The highest BCUT2D eigenvalue weighted by Crippen LogP contribution is 2.30. The van der Waals surface area contributed by atoms with Crippen molar-refractivity contribution in [1.82, 2.24) is 5.32 Å². The summed E-state index contributed by atoms with van der Waals surface area (Å²) in [5, 5.41) is 3.08. The number of hydrogen-bond donors (Lipinski definition) is 1. The Morgan fingerprint density at radius 2 is 1.81 bits per heavy atom. The van der Waals surface area contributed by atoms with E-state index in [0.717, 1.165) is 12.0 Å². The lowest BCUT2D eigenvalue weighted by Crippen LogP contribution is -2.33. The Bertz CT molecular complexity index is 989. The normalized spacial score (nSPS) is 12.3. The second kappa shape index (κ2) is 11.2. The Morgan fingerprint density at radius 1 is 1.10 bits per heavy atom. The van der Waals surface area contributed by atoms with Gasteiger partial charge in [-0.3, -0.25) is 9.10 Å². The van der Waals surface area contributed by atoms with Crippen molar-refractivity contribution in [3.63, 3.8) is 0 Å². The number of benzene rings is 2. The summed E-state index contributed by atoms with van der Waals surface area (Å²) in [6, 6.07) is 13.2. The van der Waals surface area contributed by atoms with Crippen LogP contribution in [0.1, 0.15) is 55.8 Å². The molecule has 1 N–H and O–H groups in total. The first kappa shape index (κ1) is 24.7. The van der Waals surface area contributed by atoms with E-state index >= 15 is 0 Å². The van der Waals surface area contributed by atoms with E-state index in [0.29, 0.717) is 24.5 Å². The number of hydrogen-bond acceptors (Lipinski definition) is 4. The van der Waals surface area contributed by atoms with Crippen molar-refractivity contribution in [1.29, 1.82) is 0 Å². The van der Waals surface area contributed by atoms with Gasteiger partial charge in [0, 0.05) is 13.0 Å². The Labute approximate surface area is 186 Å². The van der Waals surface area contributed by atoms with E-state index in [2.05, 4.69) is 31.3 Å². The number of amides is 1. The zero-order valence-electron chi connectivity index (χ0n) is 19.1. The summed E-state index contributed by atoms with van der Waals surface area (Å²) in [5.74, 6) is 0.428. The molecule has 2 aromatic carbocycles. The van der Waals surface area contributed by atoms with Crippen LogP contribution in [0.15, 0.2) is 42.5 Å². The van der Waals surface area contributed by atoms with E-state index in [-0.39, 0.29) is 24.9 Å². The highest BCUT2D eigenvalue weighted by molar-refractivity contribution is 7.92. The Balaban J connectivity index is 2.03. The van der Waals surface area contributed by atoms with Gasteiger partial charge in [0.25, 0.3) is 0 Å². The molecule has 0 saturated heterocycles. The summed E-state index contributed by atoms with van der Waals surface area (Å²) >= 11 is 0. The molecule has 0 aliphatic carbocycles. The van der Waals surface area contributed by atoms with Crippen LogP contribution in [0, 0.1) is 13.8 Å². The van der Waals surface area contributed by atoms with Crippen molar-refractivity contribution in [2.24, 2.45) is 0 Å². The highest BCUT2D eigenvalue weighted by Gasteiger charge is 2.21. The molecule has 0 saturated carbocycles. The minimum atomic E-state index is -3.51. The molecule has 31 heavy (non-hydrogen) atoms.